The SMILES string of the molecule is O=C(O)CSc1ccc2c(c1)CCC2. The van der Waals surface area contributed by atoms with Crippen molar-refractivity contribution in [3.63, 3.8) is 0 Å². The molecule has 0 aromatic heterocycles. The normalized spacial score (nSPS) is 14.0. The molecule has 0 amide bonds. The molecule has 14 heavy (non-hydrogen) atoms. The largest absolute Gasteiger partial charge is 0.481 e. The van der Waals surface area contributed by atoms with Crippen molar-refractivity contribution in [1.82, 2.24) is 0 Å². The van der Waals surface area contributed by atoms with Crippen LogP contribution in [0.1, 0.15) is 17.5 Å². The van der Waals surface area contributed by atoms with Gasteiger partial charge in [-0.3, -0.25) is 4.79 Å². The quantitative estimate of drug-likeness (QED) is 0.775. The van der Waals surface area contributed by atoms with Crippen LogP contribution in [0.4, 0.5) is 0 Å². The molecule has 0 radical (unpaired) electrons. The molecule has 3 heteroatoms. The summed E-state index contributed by atoms with van der Waals surface area (Å²) >= 11 is 1.39. The smallest absolute Gasteiger partial charge is 0.313 e. The molecular weight excluding hydrogens is 196 g/mol. The third-order valence-corrected chi connectivity index (χ3v) is 3.41. The maximum Gasteiger partial charge on any atom is 0.313 e. The fourth-order valence-corrected chi connectivity index (χ4v) is 2.46. The first kappa shape index (κ1) is 9.59. The van der Waals surface area contributed by atoms with Crippen LogP contribution in [0, 0.1) is 0 Å². The Hall–Kier alpha value is -0.960. The van der Waals surface area contributed by atoms with Gasteiger partial charge in [-0.2, -0.15) is 0 Å². The molecule has 0 saturated heterocycles. The third kappa shape index (κ3) is 2.10. The lowest BCUT2D eigenvalue weighted by atomic mass is 10.1. The van der Waals surface area contributed by atoms with Crippen LogP contribution in [0.25, 0.3) is 0 Å². The molecule has 1 N–H and O–H groups in total. The molecule has 0 fully saturated rings. The maximum absolute atomic E-state index is 10.4. The Bertz CT molecular complexity index is 360. The van der Waals surface area contributed by atoms with Gasteiger partial charge in [0, 0.05) is 4.90 Å². The average Bonchev–Trinajstić information content (AvgIpc) is 2.61. The lowest BCUT2D eigenvalue weighted by Crippen LogP contribution is -1.97. The highest BCUT2D eigenvalue weighted by Crippen LogP contribution is 2.27. The first-order valence-corrected chi connectivity index (χ1v) is 5.70. The number of thioether (sulfide) groups is 1. The van der Waals surface area contributed by atoms with E-state index in [-0.39, 0.29) is 5.75 Å². The van der Waals surface area contributed by atoms with Crippen molar-refractivity contribution < 1.29 is 9.90 Å². The standard InChI is InChI=1S/C11H12O2S/c12-11(13)7-14-10-5-4-8-2-1-3-9(8)6-10/h4-6H,1-3,7H2,(H,12,13). The van der Waals surface area contributed by atoms with Gasteiger partial charge in [0.05, 0.1) is 5.75 Å². The second-order valence-electron chi connectivity index (χ2n) is 3.47. The number of benzene rings is 1. The zero-order chi connectivity index (χ0) is 9.97. The zero-order valence-electron chi connectivity index (χ0n) is 7.82. The summed E-state index contributed by atoms with van der Waals surface area (Å²) in [7, 11) is 0. The summed E-state index contributed by atoms with van der Waals surface area (Å²) in [6.07, 6.45) is 3.57. The van der Waals surface area contributed by atoms with E-state index in [2.05, 4.69) is 12.1 Å². The minimum atomic E-state index is -0.754. The number of carbonyl (C=O) groups is 1. The van der Waals surface area contributed by atoms with Crippen molar-refractivity contribution >= 4 is 17.7 Å². The molecule has 0 unspecified atom stereocenters. The van der Waals surface area contributed by atoms with Crippen LogP contribution in [0.2, 0.25) is 0 Å². The number of aliphatic carboxylic acids is 1. The van der Waals surface area contributed by atoms with E-state index >= 15 is 0 Å². The molecule has 1 aromatic carbocycles. The number of fused-ring (bicyclic) bond motifs is 1. The summed E-state index contributed by atoms with van der Waals surface area (Å²) in [6.45, 7) is 0. The van der Waals surface area contributed by atoms with Gasteiger partial charge in [-0.15, -0.1) is 11.8 Å². The fraction of sp³-hybridized carbons (Fsp3) is 0.364. The lowest BCUT2D eigenvalue weighted by Gasteiger charge is -2.02. The van der Waals surface area contributed by atoms with Crippen LogP contribution in [0.5, 0.6) is 0 Å². The van der Waals surface area contributed by atoms with Crippen molar-refractivity contribution in [2.45, 2.75) is 24.2 Å². The Kier molecular flexibility index (Phi) is 2.77. The third-order valence-electron chi connectivity index (χ3n) is 2.43. The maximum atomic E-state index is 10.4. The van der Waals surface area contributed by atoms with E-state index in [9.17, 15) is 4.79 Å². The molecule has 2 nitrogen and oxygen atoms in total. The van der Waals surface area contributed by atoms with Crippen molar-refractivity contribution in [1.29, 1.82) is 0 Å². The molecule has 0 spiro atoms. The molecule has 2 rings (SSSR count). The number of aryl methyl sites for hydroxylation is 2. The zero-order valence-corrected chi connectivity index (χ0v) is 8.64. The highest BCUT2D eigenvalue weighted by atomic mass is 32.2. The molecule has 0 saturated carbocycles. The van der Waals surface area contributed by atoms with Gasteiger partial charge in [0.2, 0.25) is 0 Å². The average molecular weight is 208 g/mol. The van der Waals surface area contributed by atoms with Crippen LogP contribution in [-0.4, -0.2) is 16.8 Å². The second kappa shape index (κ2) is 4.05. The number of hydrogen-bond donors (Lipinski definition) is 1. The first-order valence-electron chi connectivity index (χ1n) is 4.72. The van der Waals surface area contributed by atoms with Crippen molar-refractivity contribution in [3.05, 3.63) is 29.3 Å². The molecule has 1 aliphatic carbocycles. The molecular formula is C11H12O2S. The van der Waals surface area contributed by atoms with Gasteiger partial charge < -0.3 is 5.11 Å². The number of hydrogen-bond acceptors (Lipinski definition) is 2. The van der Waals surface area contributed by atoms with Crippen LogP contribution in [-0.2, 0) is 17.6 Å². The highest BCUT2D eigenvalue weighted by Gasteiger charge is 2.11. The van der Waals surface area contributed by atoms with E-state index in [1.807, 2.05) is 6.07 Å². The Morgan fingerprint density at radius 3 is 2.93 bits per heavy atom. The van der Waals surface area contributed by atoms with E-state index in [0.29, 0.717) is 0 Å². The number of carboxylic acids is 1. The van der Waals surface area contributed by atoms with Gasteiger partial charge >= 0.3 is 5.97 Å². The van der Waals surface area contributed by atoms with Gasteiger partial charge in [0.25, 0.3) is 0 Å². The van der Waals surface area contributed by atoms with Crippen LogP contribution < -0.4 is 0 Å². The first-order chi connectivity index (χ1) is 6.75. The summed E-state index contributed by atoms with van der Waals surface area (Å²) in [5, 5.41) is 8.55. The molecule has 0 atom stereocenters. The van der Waals surface area contributed by atoms with Gasteiger partial charge in [0.15, 0.2) is 0 Å². The van der Waals surface area contributed by atoms with Gasteiger partial charge in [0.1, 0.15) is 0 Å². The minimum absolute atomic E-state index is 0.152. The van der Waals surface area contributed by atoms with E-state index in [1.165, 1.54) is 35.7 Å². The van der Waals surface area contributed by atoms with Crippen molar-refractivity contribution in [2.75, 3.05) is 5.75 Å². The summed E-state index contributed by atoms with van der Waals surface area (Å²) in [4.78, 5) is 11.5. The van der Waals surface area contributed by atoms with Crippen LogP contribution >= 0.6 is 11.8 Å². The summed E-state index contributed by atoms with van der Waals surface area (Å²) in [6, 6.07) is 6.29. The van der Waals surface area contributed by atoms with E-state index in [1.54, 1.807) is 0 Å². The second-order valence-corrected chi connectivity index (χ2v) is 4.52. The predicted octanol–water partition coefficient (Wildman–Crippen LogP) is 2.35. The Labute approximate surface area is 87.3 Å². The highest BCUT2D eigenvalue weighted by molar-refractivity contribution is 8.00. The minimum Gasteiger partial charge on any atom is -0.481 e. The number of carboxylic acid groups (broad SMARTS) is 1. The van der Waals surface area contributed by atoms with Crippen molar-refractivity contribution in [3.8, 4) is 0 Å². The fourth-order valence-electron chi connectivity index (χ4n) is 1.78. The molecule has 0 bridgehead atoms. The topological polar surface area (TPSA) is 37.3 Å². The summed E-state index contributed by atoms with van der Waals surface area (Å²) < 4.78 is 0. The molecule has 1 aromatic rings. The Morgan fingerprint density at radius 1 is 1.36 bits per heavy atom. The van der Waals surface area contributed by atoms with Crippen LogP contribution in [0.3, 0.4) is 0 Å². The Morgan fingerprint density at radius 2 is 2.14 bits per heavy atom. The summed E-state index contributed by atoms with van der Waals surface area (Å²) in [5.41, 5.74) is 2.84. The monoisotopic (exact) mass is 208 g/mol. The van der Waals surface area contributed by atoms with E-state index in [4.69, 9.17) is 5.11 Å². The molecule has 0 heterocycles. The van der Waals surface area contributed by atoms with Crippen LogP contribution in [0.15, 0.2) is 23.1 Å². The number of rotatable bonds is 3. The van der Waals surface area contributed by atoms with Gasteiger partial charge in [-0.25, -0.2) is 0 Å². The van der Waals surface area contributed by atoms with Crippen molar-refractivity contribution in [2.24, 2.45) is 0 Å². The molecule has 74 valence electrons. The molecule has 1 aliphatic rings. The van der Waals surface area contributed by atoms with E-state index < -0.39 is 5.97 Å². The molecule has 0 aliphatic heterocycles. The van der Waals surface area contributed by atoms with Gasteiger partial charge in [-0.1, -0.05) is 6.07 Å². The lowest BCUT2D eigenvalue weighted by molar-refractivity contribution is -0.133. The van der Waals surface area contributed by atoms with E-state index in [0.717, 1.165) is 11.3 Å². The van der Waals surface area contributed by atoms with Gasteiger partial charge in [-0.05, 0) is 42.5 Å². The Balaban J connectivity index is 2.09. The summed E-state index contributed by atoms with van der Waals surface area (Å²) in [5.74, 6) is -0.603. The predicted molar refractivity (Wildman–Crippen MR) is 56.8 cm³/mol.